The minimum absolute atomic E-state index is 0.205. The molecule has 3 fully saturated rings. The Balaban J connectivity index is 1.38. The van der Waals surface area contributed by atoms with Crippen LogP contribution in [0.4, 0.5) is 5.82 Å². The monoisotopic (exact) mass is 374 g/mol. The Labute approximate surface area is 157 Å². The van der Waals surface area contributed by atoms with E-state index in [4.69, 9.17) is 23.2 Å². The van der Waals surface area contributed by atoms with E-state index >= 15 is 0 Å². The zero-order valence-corrected chi connectivity index (χ0v) is 15.4. The van der Waals surface area contributed by atoms with E-state index in [0.717, 1.165) is 41.3 Å². The number of fused-ring (bicyclic) bond motifs is 3. The van der Waals surface area contributed by atoms with E-state index in [0.29, 0.717) is 10.0 Å². The maximum Gasteiger partial charge on any atom is 0.132 e. The Hall–Kier alpha value is -1.49. The Morgan fingerprint density at radius 2 is 2.08 bits per heavy atom. The molecule has 2 N–H and O–H groups in total. The quantitative estimate of drug-likeness (QED) is 0.823. The van der Waals surface area contributed by atoms with E-state index in [1.54, 1.807) is 6.07 Å². The third-order valence-electron chi connectivity index (χ3n) is 5.98. The van der Waals surface area contributed by atoms with Crippen molar-refractivity contribution in [3.05, 3.63) is 46.3 Å². The Morgan fingerprint density at radius 1 is 1.24 bits per heavy atom. The van der Waals surface area contributed by atoms with Crippen molar-refractivity contribution >= 4 is 39.8 Å². The van der Waals surface area contributed by atoms with Crippen molar-refractivity contribution in [1.82, 2.24) is 15.2 Å². The molecule has 0 amide bonds. The van der Waals surface area contributed by atoms with E-state index in [2.05, 4.69) is 26.6 Å². The average Bonchev–Trinajstić information content (AvgIpc) is 3.01. The summed E-state index contributed by atoms with van der Waals surface area (Å²) >= 11 is 12.5. The lowest BCUT2D eigenvalue weighted by molar-refractivity contribution is 0.0189. The fourth-order valence-corrected chi connectivity index (χ4v) is 5.03. The molecule has 0 saturated carbocycles. The van der Waals surface area contributed by atoms with Crippen molar-refractivity contribution in [2.75, 3.05) is 25.0 Å². The molecule has 1 spiro atoms. The van der Waals surface area contributed by atoms with Crippen LogP contribution in [-0.4, -0.2) is 35.1 Å². The van der Waals surface area contributed by atoms with Gasteiger partial charge in [-0.2, -0.15) is 0 Å². The summed E-state index contributed by atoms with van der Waals surface area (Å²) in [6.07, 6.45) is 7.79. The number of pyridine rings is 1. The molecule has 130 valence electrons. The van der Waals surface area contributed by atoms with Crippen LogP contribution in [0.5, 0.6) is 0 Å². The molecule has 2 bridgehead atoms. The highest BCUT2D eigenvalue weighted by Crippen LogP contribution is 2.41. The predicted octanol–water partition coefficient (Wildman–Crippen LogP) is 4.25. The number of benzene rings is 1. The van der Waals surface area contributed by atoms with Gasteiger partial charge in [0, 0.05) is 23.5 Å². The number of rotatable bonds is 2. The summed E-state index contributed by atoms with van der Waals surface area (Å²) in [6.45, 7) is 3.65. The number of anilines is 1. The summed E-state index contributed by atoms with van der Waals surface area (Å²) in [5.41, 5.74) is 0.205. The van der Waals surface area contributed by atoms with Crippen LogP contribution in [-0.2, 0) is 0 Å². The molecule has 25 heavy (non-hydrogen) atoms. The van der Waals surface area contributed by atoms with Crippen molar-refractivity contribution in [1.29, 1.82) is 0 Å². The number of halogens is 2. The Kier molecular flexibility index (Phi) is 3.63. The van der Waals surface area contributed by atoms with Crippen LogP contribution >= 0.6 is 23.2 Å². The standard InChI is InChI=1S/C19H20Cl2N4/c20-15-2-1-12-10-22-17(9-14(12)18(15)21)23-16-3-6-19(24-16)11-25-7-4-13(19)5-8-25/h1-3,9-10,13,24H,4-8,11H2,(H,22,23)/t19-/m0/s1. The minimum atomic E-state index is 0.205. The van der Waals surface area contributed by atoms with Gasteiger partial charge in [0.15, 0.2) is 0 Å². The molecular formula is C19H20Cl2N4. The average molecular weight is 375 g/mol. The summed E-state index contributed by atoms with van der Waals surface area (Å²) < 4.78 is 0. The van der Waals surface area contributed by atoms with Gasteiger partial charge in [0.2, 0.25) is 0 Å². The van der Waals surface area contributed by atoms with Gasteiger partial charge in [-0.3, -0.25) is 0 Å². The third kappa shape index (κ3) is 2.59. The van der Waals surface area contributed by atoms with Crippen LogP contribution in [0, 0.1) is 5.92 Å². The Morgan fingerprint density at radius 3 is 2.84 bits per heavy atom. The van der Waals surface area contributed by atoms with Gasteiger partial charge in [0.05, 0.1) is 15.6 Å². The van der Waals surface area contributed by atoms with Crippen molar-refractivity contribution in [3.63, 3.8) is 0 Å². The van der Waals surface area contributed by atoms with Crippen LogP contribution in [0.3, 0.4) is 0 Å². The highest BCUT2D eigenvalue weighted by atomic mass is 35.5. The van der Waals surface area contributed by atoms with Gasteiger partial charge < -0.3 is 15.5 Å². The molecule has 0 aliphatic carbocycles. The molecule has 3 saturated heterocycles. The second-order valence-corrected chi connectivity index (χ2v) is 8.22. The molecule has 6 rings (SSSR count). The smallest absolute Gasteiger partial charge is 0.132 e. The van der Waals surface area contributed by atoms with Crippen molar-refractivity contribution in [2.45, 2.75) is 24.8 Å². The van der Waals surface area contributed by atoms with Crippen molar-refractivity contribution in [2.24, 2.45) is 5.92 Å². The predicted molar refractivity (Wildman–Crippen MR) is 103 cm³/mol. The fourth-order valence-electron chi connectivity index (χ4n) is 4.64. The summed E-state index contributed by atoms with van der Waals surface area (Å²) in [7, 11) is 0. The SMILES string of the molecule is Clc1ccc2cnc(NC3=CC[C@@]4(CN5CCC4CC5)N3)cc2c1Cl. The lowest BCUT2D eigenvalue weighted by Crippen LogP contribution is -2.64. The third-order valence-corrected chi connectivity index (χ3v) is 6.80. The topological polar surface area (TPSA) is 40.2 Å². The van der Waals surface area contributed by atoms with E-state index in [1.165, 1.54) is 25.9 Å². The number of aromatic nitrogens is 1. The second kappa shape index (κ2) is 5.76. The minimum Gasteiger partial charge on any atom is -0.365 e. The Bertz CT molecular complexity index is 873. The molecule has 6 heteroatoms. The van der Waals surface area contributed by atoms with Crippen LogP contribution in [0.15, 0.2) is 36.3 Å². The zero-order chi connectivity index (χ0) is 17.0. The number of piperidine rings is 3. The lowest BCUT2D eigenvalue weighted by Gasteiger charge is -2.52. The first kappa shape index (κ1) is 15.7. The highest BCUT2D eigenvalue weighted by Gasteiger charge is 2.48. The molecule has 1 atom stereocenters. The molecule has 1 aromatic carbocycles. The maximum absolute atomic E-state index is 6.35. The first-order valence-electron chi connectivity index (χ1n) is 8.84. The normalized spacial score (nSPS) is 30.6. The largest absolute Gasteiger partial charge is 0.365 e. The summed E-state index contributed by atoms with van der Waals surface area (Å²) in [5, 5.41) is 10.2. The molecule has 5 heterocycles. The van der Waals surface area contributed by atoms with Gasteiger partial charge in [0.1, 0.15) is 11.6 Å². The lowest BCUT2D eigenvalue weighted by atomic mass is 9.72. The van der Waals surface area contributed by atoms with E-state index in [1.807, 2.05) is 18.3 Å². The van der Waals surface area contributed by atoms with Gasteiger partial charge in [-0.25, -0.2) is 4.98 Å². The van der Waals surface area contributed by atoms with E-state index in [-0.39, 0.29) is 5.54 Å². The van der Waals surface area contributed by atoms with E-state index < -0.39 is 0 Å². The number of nitrogens with one attached hydrogen (secondary N) is 2. The molecule has 0 radical (unpaired) electrons. The second-order valence-electron chi connectivity index (χ2n) is 7.43. The first-order valence-corrected chi connectivity index (χ1v) is 9.60. The van der Waals surface area contributed by atoms with Crippen LogP contribution < -0.4 is 10.6 Å². The molecule has 0 unspecified atom stereocenters. The molecule has 2 aromatic rings. The van der Waals surface area contributed by atoms with Gasteiger partial charge in [-0.1, -0.05) is 29.3 Å². The van der Waals surface area contributed by atoms with Crippen LogP contribution in [0.1, 0.15) is 19.3 Å². The first-order chi connectivity index (χ1) is 12.1. The molecule has 4 aliphatic rings. The van der Waals surface area contributed by atoms with Gasteiger partial charge >= 0.3 is 0 Å². The number of nitrogens with zero attached hydrogens (tertiary/aromatic N) is 2. The van der Waals surface area contributed by atoms with E-state index in [9.17, 15) is 0 Å². The maximum atomic E-state index is 6.35. The zero-order valence-electron chi connectivity index (χ0n) is 13.9. The van der Waals surface area contributed by atoms with Crippen molar-refractivity contribution < 1.29 is 0 Å². The molecule has 4 nitrogen and oxygen atoms in total. The molecule has 4 aliphatic heterocycles. The van der Waals surface area contributed by atoms with Crippen LogP contribution in [0.2, 0.25) is 10.0 Å². The van der Waals surface area contributed by atoms with Gasteiger partial charge in [-0.05, 0) is 56.5 Å². The summed E-state index contributed by atoms with van der Waals surface area (Å²) in [6, 6.07) is 5.71. The van der Waals surface area contributed by atoms with Gasteiger partial charge in [-0.15, -0.1) is 0 Å². The molecule has 1 aromatic heterocycles. The van der Waals surface area contributed by atoms with Gasteiger partial charge in [0.25, 0.3) is 0 Å². The summed E-state index contributed by atoms with van der Waals surface area (Å²) in [5.74, 6) is 2.61. The number of hydrogen-bond donors (Lipinski definition) is 2. The number of hydrogen-bond acceptors (Lipinski definition) is 4. The fraction of sp³-hybridized carbons (Fsp3) is 0.421. The molecular weight excluding hydrogens is 355 g/mol. The summed E-state index contributed by atoms with van der Waals surface area (Å²) in [4.78, 5) is 7.10. The highest BCUT2D eigenvalue weighted by molar-refractivity contribution is 6.45. The van der Waals surface area contributed by atoms with Crippen molar-refractivity contribution in [3.8, 4) is 0 Å². The van der Waals surface area contributed by atoms with Crippen LogP contribution in [0.25, 0.3) is 10.8 Å².